The molecule has 24 heavy (non-hydrogen) atoms. The number of thiocarbonyl (C=S) groups is 1. The van der Waals surface area contributed by atoms with E-state index in [9.17, 15) is 5.11 Å². The molecule has 4 nitrogen and oxygen atoms in total. The zero-order chi connectivity index (χ0) is 17.1. The largest absolute Gasteiger partial charge is 0.385 e. The molecular weight excluding hydrogens is 318 g/mol. The Morgan fingerprint density at radius 1 is 1.50 bits per heavy atom. The van der Waals surface area contributed by atoms with Crippen LogP contribution < -0.4 is 5.32 Å². The predicted molar refractivity (Wildman–Crippen MR) is 103 cm³/mol. The lowest BCUT2D eigenvalue weighted by atomic mass is 10.00. The van der Waals surface area contributed by atoms with Crippen LogP contribution in [0.4, 0.5) is 0 Å². The van der Waals surface area contributed by atoms with Crippen molar-refractivity contribution in [2.24, 2.45) is 4.99 Å². The monoisotopic (exact) mass is 336 g/mol. The maximum absolute atomic E-state index is 10.6. The SMILES string of the molecule is C=Cc1cccc2c(C(O)CNC(=S)C3=CCC=N3)cc([CH2+])nc12. The number of benzene rings is 1. The van der Waals surface area contributed by atoms with Crippen LogP contribution in [0.15, 0.2) is 47.6 Å². The van der Waals surface area contributed by atoms with Crippen molar-refractivity contribution in [3.63, 3.8) is 0 Å². The Hall–Kier alpha value is -2.50. The van der Waals surface area contributed by atoms with Crippen LogP contribution in [0, 0.1) is 6.92 Å². The Morgan fingerprint density at radius 2 is 2.33 bits per heavy atom. The van der Waals surface area contributed by atoms with E-state index in [1.165, 1.54) is 0 Å². The van der Waals surface area contributed by atoms with Gasteiger partial charge < -0.3 is 10.4 Å². The molecule has 2 heterocycles. The van der Waals surface area contributed by atoms with Gasteiger partial charge in [-0.05, 0) is 0 Å². The van der Waals surface area contributed by atoms with Gasteiger partial charge in [-0.25, -0.2) is 4.98 Å². The standard InChI is InChI=1S/C19H17N3OS/c1-3-13-6-4-7-14-15(10-12(2)22-18(13)14)17(23)11-21-19(24)16-8-5-9-20-16/h3-4,6-10,17,23H,1-2,5,11H2/p+1. The molecule has 1 atom stereocenters. The van der Waals surface area contributed by atoms with Gasteiger partial charge in [0.2, 0.25) is 5.69 Å². The van der Waals surface area contributed by atoms with Gasteiger partial charge in [0.05, 0.1) is 29.8 Å². The van der Waals surface area contributed by atoms with E-state index in [-0.39, 0.29) is 0 Å². The lowest BCUT2D eigenvalue weighted by Crippen LogP contribution is -2.27. The summed E-state index contributed by atoms with van der Waals surface area (Å²) in [5.41, 5.74) is 3.84. The minimum absolute atomic E-state index is 0.294. The van der Waals surface area contributed by atoms with E-state index in [2.05, 4.69) is 28.8 Å². The van der Waals surface area contributed by atoms with E-state index < -0.39 is 6.10 Å². The number of hydrogen-bond donors (Lipinski definition) is 2. The molecule has 0 fully saturated rings. The molecule has 0 saturated carbocycles. The van der Waals surface area contributed by atoms with E-state index in [4.69, 9.17) is 12.2 Å². The second-order valence-electron chi connectivity index (χ2n) is 5.51. The van der Waals surface area contributed by atoms with Gasteiger partial charge in [0.1, 0.15) is 11.1 Å². The number of nitrogens with one attached hydrogen (secondary N) is 1. The number of nitrogens with zero attached hydrogens (tertiary/aromatic N) is 2. The van der Waals surface area contributed by atoms with Gasteiger partial charge in [-0.1, -0.05) is 49.1 Å². The number of aromatic nitrogens is 1. The molecule has 1 aromatic carbocycles. The van der Waals surface area contributed by atoms with Crippen LogP contribution >= 0.6 is 12.2 Å². The van der Waals surface area contributed by atoms with Crippen molar-refractivity contribution >= 4 is 40.4 Å². The number of allylic oxidation sites excluding steroid dienone is 1. The number of hydrogen-bond acceptors (Lipinski definition) is 4. The Kier molecular flexibility index (Phi) is 4.74. The third-order valence-electron chi connectivity index (χ3n) is 3.87. The highest BCUT2D eigenvalue weighted by Gasteiger charge is 2.19. The average Bonchev–Trinajstić information content (AvgIpc) is 3.12. The van der Waals surface area contributed by atoms with E-state index in [1.807, 2.05) is 30.5 Å². The third kappa shape index (κ3) is 3.22. The highest BCUT2D eigenvalue weighted by atomic mass is 32.1. The number of pyridine rings is 1. The number of rotatable bonds is 5. The van der Waals surface area contributed by atoms with Crippen LogP contribution in [-0.4, -0.2) is 27.8 Å². The topological polar surface area (TPSA) is 57.5 Å². The van der Waals surface area contributed by atoms with Crippen molar-refractivity contribution in [1.82, 2.24) is 10.3 Å². The Bertz CT molecular complexity index is 870. The molecule has 0 amide bonds. The van der Waals surface area contributed by atoms with Crippen molar-refractivity contribution in [2.45, 2.75) is 12.5 Å². The second kappa shape index (κ2) is 6.95. The van der Waals surface area contributed by atoms with Crippen molar-refractivity contribution in [1.29, 1.82) is 0 Å². The molecule has 1 aromatic heterocycles. The summed E-state index contributed by atoms with van der Waals surface area (Å²) in [4.78, 5) is 9.22. The first-order valence-corrected chi connectivity index (χ1v) is 8.08. The average molecular weight is 336 g/mol. The normalized spacial score (nSPS) is 14.5. The molecular formula is C19H18N3OS+. The minimum atomic E-state index is -0.736. The third-order valence-corrected chi connectivity index (χ3v) is 4.22. The summed E-state index contributed by atoms with van der Waals surface area (Å²) >= 11 is 5.30. The van der Waals surface area contributed by atoms with Gasteiger partial charge in [-0.3, -0.25) is 4.99 Å². The quantitative estimate of drug-likeness (QED) is 0.649. The summed E-state index contributed by atoms with van der Waals surface area (Å²) in [5.74, 6) is 0. The van der Waals surface area contributed by atoms with Crippen LogP contribution in [0.25, 0.3) is 17.0 Å². The molecule has 1 aliphatic rings. The molecule has 120 valence electrons. The molecule has 0 radical (unpaired) electrons. The highest BCUT2D eigenvalue weighted by Crippen LogP contribution is 2.27. The minimum Gasteiger partial charge on any atom is -0.385 e. The fraction of sp³-hybridized carbons (Fsp3) is 0.158. The Morgan fingerprint density at radius 3 is 3.04 bits per heavy atom. The fourth-order valence-corrected chi connectivity index (χ4v) is 2.92. The summed E-state index contributed by atoms with van der Waals surface area (Å²) < 4.78 is 0. The molecule has 0 aliphatic carbocycles. The van der Waals surface area contributed by atoms with Crippen molar-refractivity contribution in [3.8, 4) is 0 Å². The molecule has 0 saturated heterocycles. The van der Waals surface area contributed by atoms with Crippen LogP contribution in [0.5, 0.6) is 0 Å². The fourth-order valence-electron chi connectivity index (χ4n) is 2.70. The maximum atomic E-state index is 10.6. The van der Waals surface area contributed by atoms with Crippen LogP contribution in [0.2, 0.25) is 0 Å². The second-order valence-corrected chi connectivity index (χ2v) is 5.92. The molecule has 2 aromatic rings. The Balaban J connectivity index is 1.86. The van der Waals surface area contributed by atoms with E-state index >= 15 is 0 Å². The lowest BCUT2D eigenvalue weighted by Gasteiger charge is -2.14. The summed E-state index contributed by atoms with van der Waals surface area (Å²) in [6.45, 7) is 8.03. The Labute approximate surface area is 146 Å². The van der Waals surface area contributed by atoms with Crippen molar-refractivity contribution in [2.75, 3.05) is 6.54 Å². The summed E-state index contributed by atoms with van der Waals surface area (Å²) in [5, 5.41) is 14.6. The predicted octanol–water partition coefficient (Wildman–Crippen LogP) is 3.37. The van der Waals surface area contributed by atoms with E-state index in [0.29, 0.717) is 17.2 Å². The van der Waals surface area contributed by atoms with Gasteiger partial charge in [-0.15, -0.1) is 0 Å². The first-order valence-electron chi connectivity index (χ1n) is 7.67. The molecule has 2 N–H and O–H groups in total. The van der Waals surface area contributed by atoms with Crippen molar-refractivity contribution < 1.29 is 5.11 Å². The van der Waals surface area contributed by atoms with Crippen LogP contribution in [-0.2, 0) is 0 Å². The first-order chi connectivity index (χ1) is 11.6. The maximum Gasteiger partial charge on any atom is 0.218 e. The lowest BCUT2D eigenvalue weighted by molar-refractivity contribution is 0.183. The summed E-state index contributed by atoms with van der Waals surface area (Å²) in [6, 6.07) is 7.61. The highest BCUT2D eigenvalue weighted by molar-refractivity contribution is 7.80. The number of aliphatic imine (C=N–C) groups is 1. The van der Waals surface area contributed by atoms with Gasteiger partial charge >= 0.3 is 0 Å². The number of fused-ring (bicyclic) bond motifs is 1. The summed E-state index contributed by atoms with van der Waals surface area (Å²) in [7, 11) is 0. The molecule has 5 heteroatoms. The zero-order valence-electron chi connectivity index (χ0n) is 13.2. The van der Waals surface area contributed by atoms with Crippen LogP contribution in [0.1, 0.15) is 29.3 Å². The number of para-hydroxylation sites is 1. The van der Waals surface area contributed by atoms with E-state index in [1.54, 1.807) is 12.1 Å². The summed E-state index contributed by atoms with van der Waals surface area (Å²) in [6.07, 6.45) is 5.57. The number of aliphatic hydroxyl groups is 1. The first kappa shape index (κ1) is 16.4. The molecule has 1 aliphatic heterocycles. The van der Waals surface area contributed by atoms with Crippen molar-refractivity contribution in [3.05, 3.63) is 66.4 Å². The number of aliphatic hydroxyl groups excluding tert-OH is 1. The van der Waals surface area contributed by atoms with Crippen LogP contribution in [0.3, 0.4) is 0 Å². The van der Waals surface area contributed by atoms with E-state index in [0.717, 1.165) is 34.1 Å². The molecule has 0 bridgehead atoms. The smallest absolute Gasteiger partial charge is 0.218 e. The molecule has 1 unspecified atom stereocenters. The molecule has 0 spiro atoms. The van der Waals surface area contributed by atoms with Gasteiger partial charge in [-0.2, -0.15) is 0 Å². The van der Waals surface area contributed by atoms with Gasteiger partial charge in [0, 0.05) is 30.1 Å². The molecule has 3 rings (SSSR count). The van der Waals surface area contributed by atoms with Gasteiger partial charge in [0.25, 0.3) is 0 Å². The van der Waals surface area contributed by atoms with Gasteiger partial charge in [0.15, 0.2) is 0 Å². The zero-order valence-corrected chi connectivity index (χ0v) is 14.0.